The zero-order valence-electron chi connectivity index (χ0n) is 23.3. The zero-order chi connectivity index (χ0) is 25.2. The molecule has 0 aromatic carbocycles. The number of halogens is 1. The van der Waals surface area contributed by atoms with Crippen molar-refractivity contribution in [3.63, 3.8) is 0 Å². The Kier molecular flexibility index (Phi) is 12.3. The second-order valence-corrected chi connectivity index (χ2v) is 11.3. The van der Waals surface area contributed by atoms with Crippen LogP contribution in [-0.2, 0) is 14.2 Å². The Hall–Kier alpha value is 0.700. The maximum absolute atomic E-state index is 16.9. The summed E-state index contributed by atoms with van der Waals surface area (Å²) in [7, 11) is -4.64. The van der Waals surface area contributed by atoms with Crippen LogP contribution in [0.15, 0.2) is 23.8 Å². The Bertz CT molecular complexity index is 976. The van der Waals surface area contributed by atoms with Gasteiger partial charge in [-0.25, -0.2) is 8.96 Å². The quantitative estimate of drug-likeness (QED) is 0.142. The minimum Gasteiger partial charge on any atom is -1.00 e. The number of alkyl halides is 1. The number of hydrogen-bond donors (Lipinski definition) is 6. The number of allylic oxidation sites excluding steroid dienone is 4. The molecule has 36 heavy (non-hydrogen) atoms. The van der Waals surface area contributed by atoms with Crippen molar-refractivity contribution in [1.82, 2.24) is 0 Å². The van der Waals surface area contributed by atoms with Gasteiger partial charge in [-0.1, -0.05) is 25.5 Å². The number of ketones is 2. The molecule has 0 aromatic heterocycles. The van der Waals surface area contributed by atoms with Crippen LogP contribution in [0.4, 0.5) is 4.39 Å². The summed E-state index contributed by atoms with van der Waals surface area (Å²) in [6.45, 7) is 4.48. The number of Topliss-reactive ketones (excluding diaryl/α,β-unsaturated/α-hetero) is 1. The molecule has 4 rings (SSSR count). The van der Waals surface area contributed by atoms with Crippen molar-refractivity contribution in [3.05, 3.63) is 23.8 Å². The van der Waals surface area contributed by atoms with Crippen LogP contribution in [0.2, 0.25) is 0 Å². The predicted octanol–water partition coefficient (Wildman–Crippen LogP) is -5.62. The summed E-state index contributed by atoms with van der Waals surface area (Å²) < 4.78 is 25.7. The van der Waals surface area contributed by atoms with Gasteiger partial charge in [0.05, 0.1) is 6.10 Å². The van der Waals surface area contributed by atoms with Crippen molar-refractivity contribution in [1.29, 1.82) is 0 Å². The normalized spacial score (nSPS) is 42.5. The van der Waals surface area contributed by atoms with Gasteiger partial charge in [0.2, 0.25) is 0 Å². The number of phosphoric acid groups is 1. The molecule has 0 aromatic rings. The van der Waals surface area contributed by atoms with E-state index in [9.17, 15) is 24.9 Å². The number of carbonyl (C=O) groups excluding carboxylic acids is 2. The van der Waals surface area contributed by atoms with E-state index in [0.29, 0.717) is 24.8 Å². The molecule has 3 saturated carbocycles. The molecule has 10 nitrogen and oxygen atoms in total. The van der Waals surface area contributed by atoms with Gasteiger partial charge in [-0.05, 0) is 56.6 Å². The zero-order valence-corrected chi connectivity index (χ0v) is 26.2. The topological polar surface area (TPSA) is 204 Å². The molecule has 0 amide bonds. The van der Waals surface area contributed by atoms with Crippen molar-refractivity contribution in [2.45, 2.75) is 63.8 Å². The third-order valence-electron chi connectivity index (χ3n) is 8.79. The Balaban J connectivity index is -0.00000113. The average Bonchev–Trinajstić information content (AvgIpc) is 2.89. The van der Waals surface area contributed by atoms with Gasteiger partial charge < -0.3 is 38.3 Å². The average molecular weight is 556 g/mol. The molecule has 0 aliphatic heterocycles. The number of carbonyl (C=O) groups is 2. The number of aliphatic hydroxyl groups excluding tert-OH is 2. The van der Waals surface area contributed by atoms with Crippen LogP contribution in [0, 0.1) is 28.6 Å². The van der Waals surface area contributed by atoms with E-state index in [1.165, 1.54) is 12.2 Å². The monoisotopic (exact) mass is 556 g/mol. The van der Waals surface area contributed by atoms with Crippen molar-refractivity contribution < 1.29 is 116 Å². The minimum atomic E-state index is -4.64. The standard InChI is InChI=1S/C22H29FO5.2Na.H3O4P.H2O.2H/c1-12-8-16-15-5-4-13-9-14(25)6-7-19(13,2)21(15,23)17(26)10-20(16,3)22(12,28)18(27)11-24;;;1-5(2,3)4;;;/h6-7,9,12,15-17,24,26,28H,4-5,8,10-11H2,1-3H3;;;(H3,1,2,3,4);1H2;;/q;2*+1;;;2*-1/t12-,15+,16+,17+,19+,20+,21+,22+;;;;;;/m1....../s1. The van der Waals surface area contributed by atoms with Crippen LogP contribution >= 0.6 is 7.82 Å². The van der Waals surface area contributed by atoms with E-state index in [1.807, 2.05) is 0 Å². The Morgan fingerprint density at radius 2 is 1.75 bits per heavy atom. The summed E-state index contributed by atoms with van der Waals surface area (Å²) in [6.07, 6.45) is 4.44. The number of rotatable bonds is 2. The Morgan fingerprint density at radius 3 is 2.25 bits per heavy atom. The second kappa shape index (κ2) is 12.1. The van der Waals surface area contributed by atoms with Crippen LogP contribution in [0.3, 0.4) is 0 Å². The molecule has 14 heteroatoms. The van der Waals surface area contributed by atoms with Gasteiger partial charge in [-0.15, -0.1) is 0 Å². The molecule has 4 aliphatic rings. The molecule has 8 atom stereocenters. The molecular weight excluding hydrogens is 520 g/mol. The van der Waals surface area contributed by atoms with Crippen molar-refractivity contribution in [2.75, 3.05) is 6.61 Å². The fourth-order valence-electron chi connectivity index (χ4n) is 7.26. The first-order valence-corrected chi connectivity index (χ1v) is 12.5. The maximum atomic E-state index is 16.9. The number of fused-ring (bicyclic) bond motifs is 5. The molecule has 0 bridgehead atoms. The largest absolute Gasteiger partial charge is 1.00 e. The van der Waals surface area contributed by atoms with E-state index in [0.717, 1.165) is 0 Å². The van der Waals surface area contributed by atoms with Gasteiger partial charge >= 0.3 is 66.9 Å². The van der Waals surface area contributed by atoms with E-state index >= 15 is 4.39 Å². The summed E-state index contributed by atoms with van der Waals surface area (Å²) in [6, 6.07) is 0. The van der Waals surface area contributed by atoms with Gasteiger partial charge in [-0.3, -0.25) is 9.59 Å². The van der Waals surface area contributed by atoms with Gasteiger partial charge in [0.15, 0.2) is 17.2 Å². The van der Waals surface area contributed by atoms with E-state index in [2.05, 4.69) is 0 Å². The maximum Gasteiger partial charge on any atom is 1.00 e. The van der Waals surface area contributed by atoms with Crippen LogP contribution in [-0.4, -0.2) is 71.0 Å². The SMILES string of the molecule is C[C@@H]1C[C@H]2[C@@H]3CCC4=CC(=O)C=C[C@]4(C)[C@@]3(F)[C@@H](O)C[C@]2(C)[C@@]1(O)C(=O)CO.O.O=P(O)(O)O.[H-].[H-].[Na+].[Na+]. The first-order chi connectivity index (χ1) is 15.0. The molecule has 0 spiro atoms. The summed E-state index contributed by atoms with van der Waals surface area (Å²) in [5, 5.41) is 32.0. The first kappa shape index (κ1) is 36.7. The van der Waals surface area contributed by atoms with Gasteiger partial charge in [-0.2, -0.15) is 0 Å². The molecular formula is C22H36FNa2O10P. The van der Waals surface area contributed by atoms with Gasteiger partial charge in [0.1, 0.15) is 12.2 Å². The molecule has 4 aliphatic carbocycles. The summed E-state index contributed by atoms with van der Waals surface area (Å²) in [5.74, 6) is -2.12. The summed E-state index contributed by atoms with van der Waals surface area (Å²) in [4.78, 5) is 45.9. The number of hydrogen-bond acceptors (Lipinski definition) is 6. The van der Waals surface area contributed by atoms with Crippen LogP contribution in [0.25, 0.3) is 0 Å². The van der Waals surface area contributed by atoms with Gasteiger partial charge in [0.25, 0.3) is 0 Å². The van der Waals surface area contributed by atoms with Crippen molar-refractivity contribution >= 4 is 19.4 Å². The smallest absolute Gasteiger partial charge is 1.00 e. The van der Waals surface area contributed by atoms with Crippen LogP contribution in [0.1, 0.15) is 49.3 Å². The molecule has 0 unspecified atom stereocenters. The summed E-state index contributed by atoms with van der Waals surface area (Å²) >= 11 is 0. The molecule has 0 heterocycles. The van der Waals surface area contributed by atoms with Crippen LogP contribution < -0.4 is 59.1 Å². The fraction of sp³-hybridized carbons (Fsp3) is 0.727. The molecule has 0 saturated heterocycles. The van der Waals surface area contributed by atoms with Crippen molar-refractivity contribution in [3.8, 4) is 0 Å². The molecule has 3 fully saturated rings. The summed E-state index contributed by atoms with van der Waals surface area (Å²) in [5.41, 5.74) is -5.17. The third-order valence-corrected chi connectivity index (χ3v) is 8.79. The minimum absolute atomic E-state index is 0. The van der Waals surface area contributed by atoms with Crippen LogP contribution in [0.5, 0.6) is 0 Å². The van der Waals surface area contributed by atoms with E-state index in [1.54, 1.807) is 26.8 Å². The molecule has 198 valence electrons. The van der Waals surface area contributed by atoms with Gasteiger partial charge in [0, 0.05) is 16.7 Å². The van der Waals surface area contributed by atoms with E-state index < -0.39 is 60.3 Å². The Labute approximate surface area is 256 Å². The van der Waals surface area contributed by atoms with E-state index in [-0.39, 0.29) is 85.6 Å². The fourth-order valence-corrected chi connectivity index (χ4v) is 7.26. The molecule has 0 radical (unpaired) electrons. The predicted molar refractivity (Wildman–Crippen MR) is 120 cm³/mol. The number of aliphatic hydroxyl groups is 3. The van der Waals surface area contributed by atoms with E-state index in [4.69, 9.17) is 19.2 Å². The third kappa shape index (κ3) is 5.49. The second-order valence-electron chi connectivity index (χ2n) is 10.3. The first-order valence-electron chi connectivity index (χ1n) is 10.9. The Morgan fingerprint density at radius 1 is 1.22 bits per heavy atom. The molecule has 8 N–H and O–H groups in total. The van der Waals surface area contributed by atoms with Crippen molar-refractivity contribution in [2.24, 2.45) is 28.6 Å².